The van der Waals surface area contributed by atoms with Crippen molar-refractivity contribution >= 4 is 27.7 Å². The van der Waals surface area contributed by atoms with Gasteiger partial charge in [-0.2, -0.15) is 0 Å². The smallest absolute Gasteiger partial charge is 0.223 e. The summed E-state index contributed by atoms with van der Waals surface area (Å²) in [6, 6.07) is 8.77. The van der Waals surface area contributed by atoms with Crippen molar-refractivity contribution in [2.75, 3.05) is 13.1 Å². The van der Waals surface area contributed by atoms with Crippen molar-refractivity contribution in [2.24, 2.45) is 5.92 Å². The Morgan fingerprint density at radius 2 is 1.67 bits per heavy atom. The number of benzene rings is 2. The number of rotatable bonds is 5. The highest BCUT2D eigenvalue weighted by Gasteiger charge is 2.29. The van der Waals surface area contributed by atoms with Crippen LogP contribution in [0, 0.1) is 17.6 Å². The van der Waals surface area contributed by atoms with Gasteiger partial charge in [0, 0.05) is 41.3 Å². The third-order valence-corrected chi connectivity index (χ3v) is 5.49. The molecule has 1 aliphatic heterocycles. The second-order valence-electron chi connectivity index (χ2n) is 7.36. The van der Waals surface area contributed by atoms with Crippen molar-refractivity contribution < 1.29 is 18.7 Å². The summed E-state index contributed by atoms with van der Waals surface area (Å²) < 4.78 is 29.3. The first kappa shape index (κ1) is 17.9. The van der Waals surface area contributed by atoms with Crippen LogP contribution in [0.4, 0.5) is 8.78 Å². The molecule has 1 aliphatic rings. The lowest BCUT2D eigenvalue weighted by molar-refractivity contribution is -0.129. The molecule has 1 N–H and O–H groups in total. The van der Waals surface area contributed by atoms with E-state index in [1.807, 2.05) is 4.57 Å². The highest BCUT2D eigenvalue weighted by Crippen LogP contribution is 2.31. The number of hydrogen-bond acceptors (Lipinski definition) is 2. The fourth-order valence-corrected chi connectivity index (χ4v) is 4.07. The van der Waals surface area contributed by atoms with E-state index >= 15 is 0 Å². The first-order valence-electron chi connectivity index (χ1n) is 9.29. The number of carbonyl (C=O) groups excluding carboxylic acids is 1. The van der Waals surface area contributed by atoms with Crippen LogP contribution in [-0.2, 0) is 11.3 Å². The van der Waals surface area contributed by atoms with E-state index < -0.39 is 6.10 Å². The molecule has 0 aliphatic carbocycles. The van der Waals surface area contributed by atoms with E-state index in [9.17, 15) is 18.7 Å². The highest BCUT2D eigenvalue weighted by molar-refractivity contribution is 6.08. The van der Waals surface area contributed by atoms with Crippen LogP contribution >= 0.6 is 0 Å². The van der Waals surface area contributed by atoms with E-state index in [2.05, 4.69) is 6.92 Å². The van der Waals surface area contributed by atoms with Gasteiger partial charge in [-0.3, -0.25) is 4.79 Å². The van der Waals surface area contributed by atoms with Gasteiger partial charge in [0.25, 0.3) is 0 Å². The summed E-state index contributed by atoms with van der Waals surface area (Å²) in [4.78, 5) is 13.8. The monoisotopic (exact) mass is 372 g/mol. The number of hydrogen-bond donors (Lipinski definition) is 1. The molecule has 0 spiro atoms. The number of carbonyl (C=O) groups is 1. The second-order valence-corrected chi connectivity index (χ2v) is 7.36. The minimum Gasteiger partial charge on any atom is -0.389 e. The summed E-state index contributed by atoms with van der Waals surface area (Å²) in [5.41, 5.74) is 1.46. The number of β-amino-alcohol motifs (C(OH)–C–C–N with tert-alkyl or cyclic N) is 1. The predicted octanol–water partition coefficient (Wildman–Crippen LogP) is 3.69. The first-order valence-corrected chi connectivity index (χ1v) is 9.29. The van der Waals surface area contributed by atoms with E-state index in [-0.39, 0.29) is 30.6 Å². The van der Waals surface area contributed by atoms with Crippen LogP contribution in [-0.4, -0.2) is 39.7 Å². The van der Waals surface area contributed by atoms with Gasteiger partial charge < -0.3 is 14.6 Å². The molecule has 1 fully saturated rings. The number of nitrogens with zero attached hydrogens (tertiary/aromatic N) is 2. The summed E-state index contributed by atoms with van der Waals surface area (Å²) >= 11 is 0. The molecule has 3 aromatic rings. The number of aromatic nitrogens is 1. The largest absolute Gasteiger partial charge is 0.389 e. The molecular weight excluding hydrogens is 350 g/mol. The molecule has 1 amide bonds. The van der Waals surface area contributed by atoms with Crippen LogP contribution in [0.2, 0.25) is 0 Å². The third kappa shape index (κ3) is 3.30. The zero-order chi connectivity index (χ0) is 19.1. The highest BCUT2D eigenvalue weighted by atomic mass is 19.1. The molecule has 6 heteroatoms. The number of halogens is 2. The lowest BCUT2D eigenvalue weighted by Gasteiger charge is -2.21. The van der Waals surface area contributed by atoms with Gasteiger partial charge in [0.05, 0.1) is 12.6 Å². The Morgan fingerprint density at radius 1 is 1.07 bits per heavy atom. The topological polar surface area (TPSA) is 45.5 Å². The zero-order valence-corrected chi connectivity index (χ0v) is 15.2. The predicted molar refractivity (Wildman–Crippen MR) is 100 cm³/mol. The van der Waals surface area contributed by atoms with E-state index in [1.54, 1.807) is 17.0 Å². The van der Waals surface area contributed by atoms with Gasteiger partial charge in [-0.15, -0.1) is 0 Å². The molecule has 0 bridgehead atoms. The van der Waals surface area contributed by atoms with Crippen molar-refractivity contribution in [3.63, 3.8) is 0 Å². The Bertz CT molecular complexity index is 955. The van der Waals surface area contributed by atoms with Crippen molar-refractivity contribution in [3.8, 4) is 0 Å². The molecule has 2 unspecified atom stereocenters. The maximum atomic E-state index is 13.7. The first-order chi connectivity index (χ1) is 13.0. The van der Waals surface area contributed by atoms with Gasteiger partial charge in [-0.25, -0.2) is 8.78 Å². The normalized spacial score (nSPS) is 18.7. The molecule has 4 nitrogen and oxygen atoms in total. The minimum atomic E-state index is -0.765. The van der Waals surface area contributed by atoms with Gasteiger partial charge in [-0.1, -0.05) is 13.3 Å². The minimum absolute atomic E-state index is 0.0762. The molecule has 1 aromatic heterocycles. The van der Waals surface area contributed by atoms with Crippen LogP contribution < -0.4 is 0 Å². The Hall–Kier alpha value is -2.47. The van der Waals surface area contributed by atoms with Gasteiger partial charge in [0.15, 0.2) is 0 Å². The molecule has 142 valence electrons. The molecule has 0 radical (unpaired) electrons. The number of likely N-dealkylation sites (tertiary alicyclic amines) is 1. The molecule has 2 heterocycles. The van der Waals surface area contributed by atoms with Crippen LogP contribution in [0.15, 0.2) is 36.4 Å². The van der Waals surface area contributed by atoms with Gasteiger partial charge in [0.2, 0.25) is 5.91 Å². The quantitative estimate of drug-likeness (QED) is 0.742. The van der Waals surface area contributed by atoms with E-state index in [0.717, 1.165) is 17.5 Å². The average molecular weight is 372 g/mol. The van der Waals surface area contributed by atoms with E-state index in [4.69, 9.17) is 0 Å². The van der Waals surface area contributed by atoms with Crippen LogP contribution in [0.1, 0.15) is 19.8 Å². The van der Waals surface area contributed by atoms with Crippen LogP contribution in [0.3, 0.4) is 0 Å². The van der Waals surface area contributed by atoms with Crippen molar-refractivity contribution in [1.29, 1.82) is 0 Å². The van der Waals surface area contributed by atoms with E-state index in [0.29, 0.717) is 29.7 Å². The Balaban J connectivity index is 1.65. The second kappa shape index (κ2) is 6.93. The molecule has 2 atom stereocenters. The lowest BCUT2D eigenvalue weighted by atomic mass is 10.1. The van der Waals surface area contributed by atoms with Crippen molar-refractivity contribution in [1.82, 2.24) is 9.47 Å². The van der Waals surface area contributed by atoms with Gasteiger partial charge in [0.1, 0.15) is 11.6 Å². The Kier molecular flexibility index (Phi) is 4.60. The van der Waals surface area contributed by atoms with Crippen LogP contribution in [0.25, 0.3) is 21.8 Å². The maximum Gasteiger partial charge on any atom is 0.223 e. The third-order valence-electron chi connectivity index (χ3n) is 5.49. The van der Waals surface area contributed by atoms with Crippen LogP contribution in [0.5, 0.6) is 0 Å². The lowest BCUT2D eigenvalue weighted by Crippen LogP contribution is -2.35. The molecule has 2 aromatic carbocycles. The van der Waals surface area contributed by atoms with Crippen molar-refractivity contribution in [2.45, 2.75) is 32.4 Å². The van der Waals surface area contributed by atoms with E-state index in [1.165, 1.54) is 24.3 Å². The van der Waals surface area contributed by atoms with Crippen molar-refractivity contribution in [3.05, 3.63) is 48.0 Å². The summed E-state index contributed by atoms with van der Waals surface area (Å²) in [7, 11) is 0. The molecule has 0 saturated carbocycles. The Morgan fingerprint density at radius 3 is 2.19 bits per heavy atom. The molecule has 4 rings (SSSR count). The zero-order valence-electron chi connectivity index (χ0n) is 15.2. The number of fused-ring (bicyclic) bond motifs is 3. The van der Waals surface area contributed by atoms with Gasteiger partial charge >= 0.3 is 0 Å². The summed E-state index contributed by atoms with van der Waals surface area (Å²) in [6.45, 7) is 3.25. The number of amides is 1. The summed E-state index contributed by atoms with van der Waals surface area (Å²) in [5, 5.41) is 11.8. The maximum absolute atomic E-state index is 13.7. The SMILES string of the molecule is CCC1CC(=O)N(CC(O)Cn2c3ccc(F)cc3c3cc(F)ccc32)C1. The molecule has 27 heavy (non-hydrogen) atoms. The standard InChI is InChI=1S/C21H22F2N2O2/c1-2-13-7-21(27)24(10-13)11-16(26)12-25-19-5-3-14(22)8-17(19)18-9-15(23)4-6-20(18)25/h3-6,8-9,13,16,26H,2,7,10-12H2,1H3. The Labute approximate surface area is 156 Å². The average Bonchev–Trinajstić information content (AvgIpc) is 3.13. The summed E-state index contributed by atoms with van der Waals surface area (Å²) in [5.74, 6) is -0.351. The molecule has 1 saturated heterocycles. The summed E-state index contributed by atoms with van der Waals surface area (Å²) in [6.07, 6.45) is 0.720. The number of aliphatic hydroxyl groups excluding tert-OH is 1. The number of aliphatic hydroxyl groups is 1. The fourth-order valence-electron chi connectivity index (χ4n) is 4.07. The molecular formula is C21H22F2N2O2. The van der Waals surface area contributed by atoms with Gasteiger partial charge in [-0.05, 0) is 42.3 Å². The fraction of sp³-hybridized carbons (Fsp3) is 0.381.